The molecule has 0 bridgehead atoms. The molecule has 0 spiro atoms. The molecule has 0 saturated carbocycles. The zero-order valence-electron chi connectivity index (χ0n) is 8.94. The van der Waals surface area contributed by atoms with Gasteiger partial charge in [-0.05, 0) is 18.1 Å². The van der Waals surface area contributed by atoms with Gasteiger partial charge in [-0.3, -0.25) is 0 Å². The molecule has 0 amide bonds. The van der Waals surface area contributed by atoms with Crippen LogP contribution in [0.5, 0.6) is 5.75 Å². The van der Waals surface area contributed by atoms with Crippen LogP contribution in [0.3, 0.4) is 0 Å². The third kappa shape index (κ3) is 4.49. The summed E-state index contributed by atoms with van der Waals surface area (Å²) in [5, 5.41) is 0. The number of nitrogens with two attached hydrogens (primary N) is 1. The van der Waals surface area contributed by atoms with Crippen molar-refractivity contribution in [3.63, 3.8) is 0 Å². The molecule has 4 heteroatoms. The Hall–Kier alpha value is -0.800. The highest BCUT2D eigenvalue weighted by atomic mass is 35.5. The van der Waals surface area contributed by atoms with Gasteiger partial charge in [0.25, 0.3) is 0 Å². The van der Waals surface area contributed by atoms with Crippen LogP contribution in [0.4, 0.5) is 4.39 Å². The number of ether oxygens (including phenoxy) is 1. The lowest BCUT2D eigenvalue weighted by Crippen LogP contribution is -2.33. The predicted molar refractivity (Wildman–Crippen MR) is 62.0 cm³/mol. The average Bonchev–Trinajstić information content (AvgIpc) is 2.16. The van der Waals surface area contributed by atoms with Crippen LogP contribution in [0.15, 0.2) is 24.3 Å². The number of hydrogen-bond donors (Lipinski definition) is 1. The molecule has 1 unspecified atom stereocenters. The Kier molecular flexibility index (Phi) is 6.29. The molecule has 0 heterocycles. The summed E-state index contributed by atoms with van der Waals surface area (Å²) in [5.74, 6) is 0.258. The fraction of sp³-hybridized carbons (Fsp3) is 0.455. The molecule has 0 aromatic heterocycles. The monoisotopic (exact) mass is 233 g/mol. The number of rotatable bonds is 4. The minimum Gasteiger partial charge on any atom is -0.489 e. The van der Waals surface area contributed by atoms with E-state index < -0.39 is 0 Å². The van der Waals surface area contributed by atoms with Gasteiger partial charge in [-0.15, -0.1) is 12.4 Å². The van der Waals surface area contributed by atoms with Gasteiger partial charge in [0.15, 0.2) is 11.6 Å². The summed E-state index contributed by atoms with van der Waals surface area (Å²) in [6.45, 7) is 4.36. The van der Waals surface area contributed by atoms with E-state index in [2.05, 4.69) is 0 Å². The molecule has 0 aliphatic rings. The van der Waals surface area contributed by atoms with Crippen molar-refractivity contribution in [1.29, 1.82) is 0 Å². The van der Waals surface area contributed by atoms with Crippen molar-refractivity contribution in [3.8, 4) is 5.75 Å². The first-order valence-electron chi connectivity index (χ1n) is 4.74. The van der Waals surface area contributed by atoms with E-state index in [1.807, 2.05) is 13.8 Å². The van der Waals surface area contributed by atoms with Crippen molar-refractivity contribution in [2.75, 3.05) is 6.61 Å². The number of hydrogen-bond acceptors (Lipinski definition) is 2. The van der Waals surface area contributed by atoms with Crippen molar-refractivity contribution >= 4 is 12.4 Å². The molecule has 0 aliphatic carbocycles. The standard InChI is InChI=1S/C11H16FNO.ClH/c1-8(2)10(13)7-14-11-6-4-3-5-9(11)12;/h3-6,8,10H,7,13H2,1-2H3;1H. The Morgan fingerprint density at radius 2 is 1.93 bits per heavy atom. The Labute approximate surface area is 96.0 Å². The molecule has 1 rings (SSSR count). The van der Waals surface area contributed by atoms with E-state index in [0.29, 0.717) is 12.5 Å². The first kappa shape index (κ1) is 14.2. The fourth-order valence-electron chi connectivity index (χ4n) is 0.940. The highest BCUT2D eigenvalue weighted by molar-refractivity contribution is 5.85. The van der Waals surface area contributed by atoms with E-state index in [9.17, 15) is 4.39 Å². The van der Waals surface area contributed by atoms with Gasteiger partial charge in [0.1, 0.15) is 6.61 Å². The van der Waals surface area contributed by atoms with Crippen LogP contribution in [0.1, 0.15) is 13.8 Å². The maximum absolute atomic E-state index is 13.1. The minimum atomic E-state index is -0.344. The van der Waals surface area contributed by atoms with Gasteiger partial charge in [0.2, 0.25) is 0 Å². The summed E-state index contributed by atoms with van der Waals surface area (Å²) < 4.78 is 18.3. The van der Waals surface area contributed by atoms with Gasteiger partial charge < -0.3 is 10.5 Å². The second-order valence-electron chi connectivity index (χ2n) is 3.65. The Morgan fingerprint density at radius 1 is 1.33 bits per heavy atom. The summed E-state index contributed by atoms with van der Waals surface area (Å²) in [6, 6.07) is 6.28. The molecular weight excluding hydrogens is 217 g/mol. The summed E-state index contributed by atoms with van der Waals surface area (Å²) in [4.78, 5) is 0. The Morgan fingerprint density at radius 3 is 2.47 bits per heavy atom. The van der Waals surface area contributed by atoms with E-state index in [1.54, 1.807) is 18.2 Å². The lowest BCUT2D eigenvalue weighted by molar-refractivity contribution is 0.249. The van der Waals surface area contributed by atoms with Crippen molar-refractivity contribution in [1.82, 2.24) is 0 Å². The van der Waals surface area contributed by atoms with Crippen molar-refractivity contribution < 1.29 is 9.13 Å². The molecule has 86 valence electrons. The van der Waals surface area contributed by atoms with E-state index >= 15 is 0 Å². The quantitative estimate of drug-likeness (QED) is 0.868. The maximum atomic E-state index is 13.1. The second-order valence-corrected chi connectivity index (χ2v) is 3.65. The highest BCUT2D eigenvalue weighted by Crippen LogP contribution is 2.15. The summed E-state index contributed by atoms with van der Waals surface area (Å²) >= 11 is 0. The summed E-state index contributed by atoms with van der Waals surface area (Å²) in [7, 11) is 0. The van der Waals surface area contributed by atoms with Gasteiger partial charge in [-0.25, -0.2) is 4.39 Å². The molecular formula is C11H17ClFNO. The van der Waals surface area contributed by atoms with Gasteiger partial charge in [-0.2, -0.15) is 0 Å². The molecule has 15 heavy (non-hydrogen) atoms. The Balaban J connectivity index is 0.00000196. The van der Waals surface area contributed by atoms with Crippen molar-refractivity contribution in [2.24, 2.45) is 11.7 Å². The topological polar surface area (TPSA) is 35.2 Å². The van der Waals surface area contributed by atoms with Gasteiger partial charge in [-0.1, -0.05) is 26.0 Å². The molecule has 1 atom stereocenters. The largest absolute Gasteiger partial charge is 0.489 e. The van der Waals surface area contributed by atoms with Crippen LogP contribution in [-0.2, 0) is 0 Å². The minimum absolute atomic E-state index is 0. The molecule has 2 nitrogen and oxygen atoms in total. The van der Waals surface area contributed by atoms with Gasteiger partial charge in [0.05, 0.1) is 0 Å². The smallest absolute Gasteiger partial charge is 0.165 e. The van der Waals surface area contributed by atoms with Crippen LogP contribution >= 0.6 is 12.4 Å². The molecule has 1 aromatic carbocycles. The number of halogens is 2. The van der Waals surface area contributed by atoms with E-state index in [-0.39, 0.29) is 30.0 Å². The summed E-state index contributed by atoms with van der Waals surface area (Å²) in [6.07, 6.45) is 0. The third-order valence-corrected chi connectivity index (χ3v) is 2.12. The number of para-hydroxylation sites is 1. The average molecular weight is 234 g/mol. The molecule has 0 aliphatic heterocycles. The first-order chi connectivity index (χ1) is 6.61. The van der Waals surface area contributed by atoms with Crippen LogP contribution < -0.4 is 10.5 Å². The van der Waals surface area contributed by atoms with E-state index in [4.69, 9.17) is 10.5 Å². The van der Waals surface area contributed by atoms with Crippen LogP contribution in [0.2, 0.25) is 0 Å². The molecule has 2 N–H and O–H groups in total. The Bertz CT molecular complexity index is 294. The SMILES string of the molecule is CC(C)C(N)COc1ccccc1F.Cl. The van der Waals surface area contributed by atoms with E-state index in [0.717, 1.165) is 0 Å². The zero-order chi connectivity index (χ0) is 10.6. The van der Waals surface area contributed by atoms with Crippen LogP contribution in [0.25, 0.3) is 0 Å². The second kappa shape index (κ2) is 6.64. The lowest BCUT2D eigenvalue weighted by Gasteiger charge is -2.16. The highest BCUT2D eigenvalue weighted by Gasteiger charge is 2.09. The van der Waals surface area contributed by atoms with Crippen molar-refractivity contribution in [2.45, 2.75) is 19.9 Å². The fourth-order valence-corrected chi connectivity index (χ4v) is 0.940. The third-order valence-electron chi connectivity index (χ3n) is 2.12. The van der Waals surface area contributed by atoms with E-state index in [1.165, 1.54) is 6.07 Å². The van der Waals surface area contributed by atoms with Gasteiger partial charge in [0, 0.05) is 6.04 Å². The van der Waals surface area contributed by atoms with Gasteiger partial charge >= 0.3 is 0 Å². The zero-order valence-corrected chi connectivity index (χ0v) is 9.76. The molecule has 1 aromatic rings. The summed E-state index contributed by atoms with van der Waals surface area (Å²) in [5.41, 5.74) is 5.77. The maximum Gasteiger partial charge on any atom is 0.165 e. The predicted octanol–water partition coefficient (Wildman–Crippen LogP) is 2.61. The van der Waals surface area contributed by atoms with Crippen LogP contribution in [-0.4, -0.2) is 12.6 Å². The number of benzene rings is 1. The van der Waals surface area contributed by atoms with Crippen molar-refractivity contribution in [3.05, 3.63) is 30.1 Å². The van der Waals surface area contributed by atoms with Crippen LogP contribution in [0, 0.1) is 11.7 Å². The first-order valence-corrected chi connectivity index (χ1v) is 4.74. The normalized spacial score (nSPS) is 12.1. The molecule has 0 saturated heterocycles. The molecule has 0 radical (unpaired) electrons. The lowest BCUT2D eigenvalue weighted by atomic mass is 10.1. The molecule has 0 fully saturated rings.